The molecular weight excluding hydrogens is 307 g/mol. The van der Waals surface area contributed by atoms with Crippen LogP contribution in [0.5, 0.6) is 0 Å². The van der Waals surface area contributed by atoms with Crippen molar-refractivity contribution in [3.05, 3.63) is 28.8 Å². The van der Waals surface area contributed by atoms with Crippen molar-refractivity contribution in [2.24, 2.45) is 0 Å². The van der Waals surface area contributed by atoms with Gasteiger partial charge in [-0.15, -0.1) is 0 Å². The molecule has 118 valence electrons. The van der Waals surface area contributed by atoms with Gasteiger partial charge in [-0.25, -0.2) is 4.79 Å². The molecule has 0 heterocycles. The van der Waals surface area contributed by atoms with Crippen molar-refractivity contribution in [2.45, 2.75) is 38.9 Å². The molecule has 1 aromatic rings. The molecule has 0 aromatic heterocycles. The fraction of sp³-hybridized carbons (Fsp3) is 0.500. The SMILES string of the molecule is CCCC(Nc1cc(C(F)(F)F)ccc1Cl)C(=O)OCC. The summed E-state index contributed by atoms with van der Waals surface area (Å²) in [5.41, 5.74) is -0.758. The average Bonchev–Trinajstić information content (AvgIpc) is 2.39. The lowest BCUT2D eigenvalue weighted by molar-refractivity contribution is -0.144. The second-order valence-corrected chi connectivity index (χ2v) is 4.84. The number of carbonyl (C=O) groups excluding carboxylic acids is 1. The topological polar surface area (TPSA) is 38.3 Å². The lowest BCUT2D eigenvalue weighted by Crippen LogP contribution is -2.31. The highest BCUT2D eigenvalue weighted by Crippen LogP contribution is 2.34. The minimum absolute atomic E-state index is 0.0676. The van der Waals surface area contributed by atoms with Crippen molar-refractivity contribution in [3.63, 3.8) is 0 Å². The van der Waals surface area contributed by atoms with Crippen LogP contribution < -0.4 is 5.32 Å². The number of esters is 1. The Balaban J connectivity index is 3.00. The summed E-state index contributed by atoms with van der Waals surface area (Å²) in [7, 11) is 0. The Kier molecular flexibility index (Phi) is 6.33. The Morgan fingerprint density at radius 1 is 1.38 bits per heavy atom. The number of benzene rings is 1. The first-order chi connectivity index (χ1) is 9.79. The minimum Gasteiger partial charge on any atom is -0.464 e. The lowest BCUT2D eigenvalue weighted by atomic mass is 10.1. The molecule has 0 aliphatic heterocycles. The molecular formula is C14H17ClF3NO2. The molecule has 0 aliphatic carbocycles. The monoisotopic (exact) mass is 323 g/mol. The number of hydrogen-bond acceptors (Lipinski definition) is 3. The summed E-state index contributed by atoms with van der Waals surface area (Å²) in [6.07, 6.45) is -3.36. The van der Waals surface area contributed by atoms with E-state index in [-0.39, 0.29) is 17.3 Å². The second-order valence-electron chi connectivity index (χ2n) is 4.43. The van der Waals surface area contributed by atoms with Gasteiger partial charge in [-0.1, -0.05) is 24.9 Å². The standard InChI is InChI=1S/C14H17ClF3NO2/c1-3-5-11(13(20)21-4-2)19-12-8-9(14(16,17)18)6-7-10(12)15/h6-8,11,19H,3-5H2,1-2H3. The number of ether oxygens (including phenoxy) is 1. The van der Waals surface area contributed by atoms with Crippen molar-refractivity contribution in [1.82, 2.24) is 0 Å². The number of carbonyl (C=O) groups is 1. The van der Waals surface area contributed by atoms with Gasteiger partial charge in [0.2, 0.25) is 0 Å². The number of rotatable bonds is 6. The summed E-state index contributed by atoms with van der Waals surface area (Å²) in [6.45, 7) is 3.73. The molecule has 0 saturated carbocycles. The molecule has 0 radical (unpaired) electrons. The minimum atomic E-state index is -4.47. The maximum atomic E-state index is 12.7. The summed E-state index contributed by atoms with van der Waals surface area (Å²) >= 11 is 5.89. The smallest absolute Gasteiger partial charge is 0.416 e. The molecule has 1 rings (SSSR count). The van der Waals surface area contributed by atoms with E-state index in [0.717, 1.165) is 18.2 Å². The van der Waals surface area contributed by atoms with E-state index in [2.05, 4.69) is 5.32 Å². The highest BCUT2D eigenvalue weighted by Gasteiger charge is 2.31. The third-order valence-corrected chi connectivity index (χ3v) is 3.10. The van der Waals surface area contributed by atoms with Gasteiger partial charge in [0.15, 0.2) is 0 Å². The number of alkyl halides is 3. The molecule has 3 nitrogen and oxygen atoms in total. The van der Waals surface area contributed by atoms with Gasteiger partial charge < -0.3 is 10.1 Å². The van der Waals surface area contributed by atoms with E-state index >= 15 is 0 Å². The zero-order chi connectivity index (χ0) is 16.0. The van der Waals surface area contributed by atoms with Crippen LogP contribution in [0.25, 0.3) is 0 Å². The molecule has 0 fully saturated rings. The Bertz CT molecular complexity index is 492. The van der Waals surface area contributed by atoms with Crippen molar-refractivity contribution < 1.29 is 22.7 Å². The summed E-state index contributed by atoms with van der Waals surface area (Å²) in [5, 5.41) is 2.86. The number of nitrogens with one attached hydrogen (secondary N) is 1. The predicted octanol–water partition coefficient (Wildman–Crippen LogP) is 4.50. The average molecular weight is 324 g/mol. The molecule has 0 amide bonds. The van der Waals surface area contributed by atoms with Crippen LogP contribution in [0.4, 0.5) is 18.9 Å². The van der Waals surface area contributed by atoms with E-state index in [1.807, 2.05) is 6.92 Å². The highest BCUT2D eigenvalue weighted by molar-refractivity contribution is 6.33. The first-order valence-corrected chi connectivity index (χ1v) is 6.97. The second kappa shape index (κ2) is 7.54. The van der Waals surface area contributed by atoms with E-state index < -0.39 is 23.8 Å². The fourth-order valence-corrected chi connectivity index (χ4v) is 1.95. The quantitative estimate of drug-likeness (QED) is 0.783. The number of hydrogen-bond donors (Lipinski definition) is 1. The van der Waals surface area contributed by atoms with Crippen LogP contribution in [0.15, 0.2) is 18.2 Å². The summed E-state index contributed by atoms with van der Waals surface area (Å²) < 4.78 is 43.0. The summed E-state index contributed by atoms with van der Waals surface area (Å²) in [6, 6.07) is 2.22. The Labute approximate surface area is 126 Å². The Morgan fingerprint density at radius 2 is 2.05 bits per heavy atom. The Morgan fingerprint density at radius 3 is 2.57 bits per heavy atom. The molecule has 0 aliphatic rings. The molecule has 0 spiro atoms. The zero-order valence-corrected chi connectivity index (χ0v) is 12.5. The maximum Gasteiger partial charge on any atom is 0.416 e. The van der Waals surface area contributed by atoms with Gasteiger partial charge in [0.25, 0.3) is 0 Å². The molecule has 21 heavy (non-hydrogen) atoms. The van der Waals surface area contributed by atoms with Crippen LogP contribution in [-0.2, 0) is 15.7 Å². The first-order valence-electron chi connectivity index (χ1n) is 6.59. The van der Waals surface area contributed by atoms with Gasteiger partial charge in [0, 0.05) is 0 Å². The van der Waals surface area contributed by atoms with Gasteiger partial charge in [-0.05, 0) is 31.5 Å². The van der Waals surface area contributed by atoms with E-state index in [4.69, 9.17) is 16.3 Å². The van der Waals surface area contributed by atoms with Crippen molar-refractivity contribution in [3.8, 4) is 0 Å². The van der Waals surface area contributed by atoms with Crippen LogP contribution in [-0.4, -0.2) is 18.6 Å². The van der Waals surface area contributed by atoms with Crippen LogP contribution >= 0.6 is 11.6 Å². The Hall–Kier alpha value is -1.43. The normalized spacial score (nSPS) is 12.9. The van der Waals surface area contributed by atoms with Crippen molar-refractivity contribution in [1.29, 1.82) is 0 Å². The van der Waals surface area contributed by atoms with Crippen LogP contribution in [0.1, 0.15) is 32.3 Å². The van der Waals surface area contributed by atoms with E-state index in [9.17, 15) is 18.0 Å². The van der Waals surface area contributed by atoms with Gasteiger partial charge in [-0.3, -0.25) is 0 Å². The van der Waals surface area contributed by atoms with Gasteiger partial charge in [0.05, 0.1) is 22.9 Å². The van der Waals surface area contributed by atoms with Gasteiger partial charge in [-0.2, -0.15) is 13.2 Å². The summed E-state index contributed by atoms with van der Waals surface area (Å²) in [4.78, 5) is 11.8. The van der Waals surface area contributed by atoms with Gasteiger partial charge >= 0.3 is 12.1 Å². The summed E-state index contributed by atoms with van der Waals surface area (Å²) in [5.74, 6) is -0.507. The zero-order valence-electron chi connectivity index (χ0n) is 11.8. The van der Waals surface area contributed by atoms with E-state index in [0.29, 0.717) is 12.8 Å². The fourth-order valence-electron chi connectivity index (χ4n) is 1.78. The lowest BCUT2D eigenvalue weighted by Gasteiger charge is -2.19. The third-order valence-electron chi connectivity index (χ3n) is 2.77. The highest BCUT2D eigenvalue weighted by atomic mass is 35.5. The first kappa shape index (κ1) is 17.6. The number of anilines is 1. The molecule has 1 unspecified atom stereocenters. The third kappa shape index (κ3) is 5.12. The van der Waals surface area contributed by atoms with Crippen molar-refractivity contribution >= 4 is 23.3 Å². The van der Waals surface area contributed by atoms with Crippen LogP contribution in [0.3, 0.4) is 0 Å². The predicted molar refractivity (Wildman–Crippen MR) is 75.4 cm³/mol. The van der Waals surface area contributed by atoms with E-state index in [1.54, 1.807) is 6.92 Å². The molecule has 7 heteroatoms. The van der Waals surface area contributed by atoms with E-state index in [1.165, 1.54) is 0 Å². The van der Waals surface area contributed by atoms with Crippen LogP contribution in [0, 0.1) is 0 Å². The largest absolute Gasteiger partial charge is 0.464 e. The van der Waals surface area contributed by atoms with Crippen LogP contribution in [0.2, 0.25) is 5.02 Å². The number of halogens is 4. The maximum absolute atomic E-state index is 12.7. The molecule has 0 bridgehead atoms. The molecule has 1 aromatic carbocycles. The van der Waals surface area contributed by atoms with Crippen molar-refractivity contribution in [2.75, 3.05) is 11.9 Å². The molecule has 0 saturated heterocycles. The molecule has 1 atom stereocenters. The molecule has 1 N–H and O–H groups in total. The van der Waals surface area contributed by atoms with Gasteiger partial charge in [0.1, 0.15) is 6.04 Å².